The van der Waals surface area contributed by atoms with Crippen molar-refractivity contribution in [2.45, 2.75) is 19.0 Å². The van der Waals surface area contributed by atoms with Crippen LogP contribution in [0, 0.1) is 0 Å². The van der Waals surface area contributed by atoms with E-state index >= 15 is 0 Å². The lowest BCUT2D eigenvalue weighted by molar-refractivity contribution is -0.121. The van der Waals surface area contributed by atoms with Crippen LogP contribution in [-0.4, -0.2) is 70.9 Å². The van der Waals surface area contributed by atoms with Crippen molar-refractivity contribution >= 4 is 34.9 Å². The third-order valence-electron chi connectivity index (χ3n) is 4.44. The first-order chi connectivity index (χ1) is 15.8. The molecule has 2 rings (SSSR count). The molecule has 0 aliphatic heterocycles. The van der Waals surface area contributed by atoms with Crippen LogP contribution in [0.4, 0.5) is 11.5 Å². The fourth-order valence-electron chi connectivity index (χ4n) is 2.45. The van der Waals surface area contributed by atoms with Crippen molar-refractivity contribution in [1.29, 1.82) is 0 Å². The van der Waals surface area contributed by atoms with Gasteiger partial charge in [0.25, 0.3) is 5.91 Å². The normalized spacial score (nSPS) is 12.7. The van der Waals surface area contributed by atoms with Gasteiger partial charge in [-0.05, 0) is 37.3 Å². The first-order valence-electron chi connectivity index (χ1n) is 10.2. The van der Waals surface area contributed by atoms with Crippen molar-refractivity contribution in [2.24, 2.45) is 5.73 Å². The number of aliphatic hydroxyl groups is 1. The van der Waals surface area contributed by atoms with Gasteiger partial charge in [0.05, 0.1) is 39.6 Å². The number of hydrogen-bond donors (Lipinski definition) is 4. The number of aliphatic hydroxyl groups excluding tert-OH is 1. The van der Waals surface area contributed by atoms with Crippen LogP contribution >= 0.6 is 11.6 Å². The number of ether oxygens (including phenoxy) is 2. The molecular formula is C21H28ClN5O6. The molecule has 180 valence electrons. The van der Waals surface area contributed by atoms with Gasteiger partial charge in [-0.1, -0.05) is 0 Å². The number of alkyl halides is 1. The Labute approximate surface area is 195 Å². The molecule has 2 aromatic rings. The molecule has 0 aliphatic carbocycles. The molecule has 0 unspecified atom stereocenters. The van der Waals surface area contributed by atoms with Gasteiger partial charge in [-0.3, -0.25) is 14.2 Å². The Balaban J connectivity index is 1.86. The molecule has 0 saturated carbocycles. The monoisotopic (exact) mass is 481 g/mol. The smallest absolute Gasteiger partial charge is 0.349 e. The van der Waals surface area contributed by atoms with Gasteiger partial charge >= 0.3 is 5.69 Å². The molecule has 1 aromatic carbocycles. The number of carbonyl (C=O) groups is 2. The van der Waals surface area contributed by atoms with Crippen molar-refractivity contribution in [3.63, 3.8) is 0 Å². The van der Waals surface area contributed by atoms with Gasteiger partial charge in [0, 0.05) is 23.3 Å². The summed E-state index contributed by atoms with van der Waals surface area (Å²) >= 11 is 5.50. The number of rotatable bonds is 13. The van der Waals surface area contributed by atoms with E-state index in [4.69, 9.17) is 31.9 Å². The number of anilines is 2. The van der Waals surface area contributed by atoms with Crippen LogP contribution in [0.25, 0.3) is 0 Å². The number of hydrogen-bond acceptors (Lipinski definition) is 8. The molecule has 0 radical (unpaired) electrons. The Hall–Kier alpha value is -2.83. The van der Waals surface area contributed by atoms with Crippen LogP contribution in [0.3, 0.4) is 0 Å². The molecule has 33 heavy (non-hydrogen) atoms. The highest BCUT2D eigenvalue weighted by Crippen LogP contribution is 2.13. The molecule has 1 heterocycles. The molecule has 0 fully saturated rings. The molecule has 1 atom stereocenters. The highest BCUT2D eigenvalue weighted by Gasteiger charge is 2.27. The van der Waals surface area contributed by atoms with Gasteiger partial charge in [-0.15, -0.1) is 11.6 Å². The largest absolute Gasteiger partial charge is 0.394 e. The summed E-state index contributed by atoms with van der Waals surface area (Å²) in [5.74, 6) is -0.502. The van der Waals surface area contributed by atoms with Crippen LogP contribution in [0.1, 0.15) is 17.3 Å². The maximum atomic E-state index is 12.4. The summed E-state index contributed by atoms with van der Waals surface area (Å²) in [5.41, 5.74) is 4.43. The number of carbonyl (C=O) groups excluding carboxylic acids is 2. The molecule has 0 saturated heterocycles. The van der Waals surface area contributed by atoms with Gasteiger partial charge in [0.1, 0.15) is 11.4 Å². The summed E-state index contributed by atoms with van der Waals surface area (Å²) in [6.07, 6.45) is 1.52. The molecule has 0 aliphatic rings. The summed E-state index contributed by atoms with van der Waals surface area (Å²) in [7, 11) is 0. The lowest BCUT2D eigenvalue weighted by atomic mass is 10.0. The Morgan fingerprint density at radius 3 is 2.39 bits per heavy atom. The van der Waals surface area contributed by atoms with E-state index in [0.717, 1.165) is 0 Å². The fraction of sp³-hybridized carbons (Fsp3) is 0.429. The molecule has 0 spiro atoms. The number of benzene rings is 1. The highest BCUT2D eigenvalue weighted by molar-refractivity contribution is 6.17. The minimum atomic E-state index is -1.42. The van der Waals surface area contributed by atoms with E-state index in [-0.39, 0.29) is 5.82 Å². The highest BCUT2D eigenvalue weighted by atomic mass is 35.5. The Morgan fingerprint density at radius 1 is 1.12 bits per heavy atom. The third-order valence-corrected chi connectivity index (χ3v) is 4.59. The van der Waals surface area contributed by atoms with Crippen molar-refractivity contribution in [2.75, 3.05) is 49.5 Å². The van der Waals surface area contributed by atoms with E-state index in [1.54, 1.807) is 0 Å². The lowest BCUT2D eigenvalue weighted by Gasteiger charge is -2.20. The quantitative estimate of drug-likeness (QED) is 0.236. The number of nitrogens with one attached hydrogen (secondary N) is 2. The molecule has 5 N–H and O–H groups in total. The van der Waals surface area contributed by atoms with E-state index in [1.165, 1.54) is 48.0 Å². The van der Waals surface area contributed by atoms with Crippen LogP contribution in [0.5, 0.6) is 0 Å². The van der Waals surface area contributed by atoms with Crippen LogP contribution < -0.4 is 22.1 Å². The Kier molecular flexibility index (Phi) is 10.4. The summed E-state index contributed by atoms with van der Waals surface area (Å²) in [4.78, 5) is 40.4. The standard InChI is InChI=1S/C21H28ClN5O6/c1-21(23,14-28)19(30)24-16-4-2-15(3-5-16)18(29)25-17-6-8-27(20(31)26-17)9-11-33-13-12-32-10-7-22/h2-6,8,28H,7,9-14,23H2,1H3,(H,24,30)(H,25,26,29,31)/t21-/m0/s1. The van der Waals surface area contributed by atoms with Crippen LogP contribution in [0.15, 0.2) is 41.3 Å². The zero-order valence-corrected chi connectivity index (χ0v) is 19.0. The Bertz CT molecular complexity index is 980. The summed E-state index contributed by atoms with van der Waals surface area (Å²) in [6.45, 7) is 2.78. The maximum absolute atomic E-state index is 12.4. The first kappa shape index (κ1) is 26.4. The zero-order chi connectivity index (χ0) is 24.3. The molecule has 1 aromatic heterocycles. The molecule has 0 bridgehead atoms. The maximum Gasteiger partial charge on any atom is 0.349 e. The van der Waals surface area contributed by atoms with Crippen molar-refractivity contribution in [3.05, 3.63) is 52.6 Å². The molecule has 11 nitrogen and oxygen atoms in total. The average Bonchev–Trinajstić information content (AvgIpc) is 2.80. The predicted molar refractivity (Wildman–Crippen MR) is 124 cm³/mol. The minimum Gasteiger partial charge on any atom is -0.394 e. The van der Waals surface area contributed by atoms with Gasteiger partial charge in [0.2, 0.25) is 5.91 Å². The summed E-state index contributed by atoms with van der Waals surface area (Å²) < 4.78 is 11.9. The molecule has 2 amide bonds. The molecular weight excluding hydrogens is 454 g/mol. The number of nitrogens with two attached hydrogens (primary N) is 1. The second-order valence-electron chi connectivity index (χ2n) is 7.26. The topological polar surface area (TPSA) is 158 Å². The second kappa shape index (κ2) is 13.0. The SMILES string of the molecule is C[C@](N)(CO)C(=O)Nc1ccc(C(=O)Nc2ccn(CCOCCOCCCl)c(=O)n2)cc1. The van der Waals surface area contributed by atoms with Crippen molar-refractivity contribution in [1.82, 2.24) is 9.55 Å². The number of halogens is 1. The van der Waals surface area contributed by atoms with Crippen LogP contribution in [0.2, 0.25) is 0 Å². The molecule has 12 heteroatoms. The number of nitrogens with zero attached hydrogens (tertiary/aromatic N) is 2. The summed E-state index contributed by atoms with van der Waals surface area (Å²) in [6, 6.07) is 7.54. The number of aromatic nitrogens is 2. The minimum absolute atomic E-state index is 0.107. The average molecular weight is 482 g/mol. The van der Waals surface area contributed by atoms with E-state index in [1.807, 2.05) is 0 Å². The van der Waals surface area contributed by atoms with E-state index in [2.05, 4.69) is 15.6 Å². The van der Waals surface area contributed by atoms with Crippen molar-refractivity contribution in [3.8, 4) is 0 Å². The first-order valence-corrected chi connectivity index (χ1v) is 10.7. The van der Waals surface area contributed by atoms with E-state index < -0.39 is 29.6 Å². The summed E-state index contributed by atoms with van der Waals surface area (Å²) in [5, 5.41) is 14.3. The number of amides is 2. The Morgan fingerprint density at radius 2 is 1.79 bits per heavy atom. The van der Waals surface area contributed by atoms with Gasteiger partial charge in [0.15, 0.2) is 0 Å². The van der Waals surface area contributed by atoms with Gasteiger partial charge in [-0.2, -0.15) is 4.98 Å². The third kappa shape index (κ3) is 8.56. The van der Waals surface area contributed by atoms with Crippen LogP contribution in [-0.2, 0) is 20.8 Å². The zero-order valence-electron chi connectivity index (χ0n) is 18.3. The second-order valence-corrected chi connectivity index (χ2v) is 7.64. The predicted octanol–water partition coefficient (Wildman–Crippen LogP) is 0.416. The van der Waals surface area contributed by atoms with Gasteiger partial charge < -0.3 is 30.9 Å². The van der Waals surface area contributed by atoms with Crippen molar-refractivity contribution < 1.29 is 24.2 Å². The van der Waals surface area contributed by atoms with Gasteiger partial charge in [-0.25, -0.2) is 4.79 Å². The van der Waals surface area contributed by atoms with E-state index in [0.29, 0.717) is 50.1 Å². The fourth-order valence-corrected chi connectivity index (χ4v) is 2.56. The lowest BCUT2D eigenvalue weighted by Crippen LogP contribution is -2.51. The van der Waals surface area contributed by atoms with E-state index in [9.17, 15) is 14.4 Å².